The van der Waals surface area contributed by atoms with Gasteiger partial charge in [0.15, 0.2) is 0 Å². The number of rotatable bonds is 6. The van der Waals surface area contributed by atoms with E-state index < -0.39 is 16.0 Å². The Kier molecular flexibility index (Phi) is 3.68. The molecule has 1 aliphatic carbocycles. The van der Waals surface area contributed by atoms with Crippen LogP contribution < -0.4 is 4.72 Å². The van der Waals surface area contributed by atoms with Gasteiger partial charge in [0.05, 0.1) is 11.3 Å². The van der Waals surface area contributed by atoms with Crippen molar-refractivity contribution in [1.29, 1.82) is 0 Å². The standard InChI is InChI=1S/C12H15NO4S/c14-12(15)11-3-1-2-10(6-11)8-18(16,17)13-7-9-4-5-9/h1-3,6,9,13H,4-5,7-8H2,(H,14,15). The zero-order valence-electron chi connectivity index (χ0n) is 9.80. The van der Waals surface area contributed by atoms with Gasteiger partial charge < -0.3 is 5.11 Å². The van der Waals surface area contributed by atoms with E-state index in [1.807, 2.05) is 0 Å². The van der Waals surface area contributed by atoms with Crippen LogP contribution in [-0.2, 0) is 15.8 Å². The highest BCUT2D eigenvalue weighted by Gasteiger charge is 2.23. The van der Waals surface area contributed by atoms with Crippen LogP contribution >= 0.6 is 0 Å². The van der Waals surface area contributed by atoms with E-state index in [1.165, 1.54) is 12.1 Å². The van der Waals surface area contributed by atoms with Crippen LogP contribution in [0.15, 0.2) is 24.3 Å². The average Bonchev–Trinajstić information content (AvgIpc) is 3.10. The molecule has 0 spiro atoms. The Labute approximate surface area is 106 Å². The molecule has 0 amide bonds. The van der Waals surface area contributed by atoms with Gasteiger partial charge in [0, 0.05) is 6.54 Å². The van der Waals surface area contributed by atoms with E-state index in [2.05, 4.69) is 4.72 Å². The molecule has 0 heterocycles. The van der Waals surface area contributed by atoms with Crippen LogP contribution in [0.3, 0.4) is 0 Å². The molecule has 1 aromatic rings. The first-order chi connectivity index (χ1) is 8.46. The van der Waals surface area contributed by atoms with Gasteiger partial charge in [-0.25, -0.2) is 17.9 Å². The van der Waals surface area contributed by atoms with Gasteiger partial charge >= 0.3 is 5.97 Å². The summed E-state index contributed by atoms with van der Waals surface area (Å²) in [7, 11) is -3.38. The third kappa shape index (κ3) is 3.82. The average molecular weight is 269 g/mol. The summed E-state index contributed by atoms with van der Waals surface area (Å²) in [6.07, 6.45) is 2.16. The first-order valence-corrected chi connectivity index (χ1v) is 7.41. The number of hydrogen-bond donors (Lipinski definition) is 2. The quantitative estimate of drug-likeness (QED) is 0.813. The largest absolute Gasteiger partial charge is 0.478 e. The van der Waals surface area contributed by atoms with Crippen molar-refractivity contribution in [2.45, 2.75) is 18.6 Å². The minimum atomic E-state index is -3.38. The predicted molar refractivity (Wildman–Crippen MR) is 66.8 cm³/mol. The van der Waals surface area contributed by atoms with Crippen molar-refractivity contribution in [3.63, 3.8) is 0 Å². The molecule has 2 rings (SSSR count). The van der Waals surface area contributed by atoms with E-state index in [0.29, 0.717) is 18.0 Å². The van der Waals surface area contributed by atoms with Gasteiger partial charge in [-0.2, -0.15) is 0 Å². The monoisotopic (exact) mass is 269 g/mol. The third-order valence-corrected chi connectivity index (χ3v) is 4.14. The lowest BCUT2D eigenvalue weighted by molar-refractivity contribution is 0.0696. The van der Waals surface area contributed by atoms with Crippen LogP contribution in [0.25, 0.3) is 0 Å². The molecule has 98 valence electrons. The lowest BCUT2D eigenvalue weighted by Gasteiger charge is -2.06. The zero-order valence-corrected chi connectivity index (χ0v) is 10.6. The summed E-state index contributed by atoms with van der Waals surface area (Å²) in [4.78, 5) is 10.8. The molecular formula is C12H15NO4S. The lowest BCUT2D eigenvalue weighted by atomic mass is 10.1. The lowest BCUT2D eigenvalue weighted by Crippen LogP contribution is -2.27. The van der Waals surface area contributed by atoms with E-state index in [-0.39, 0.29) is 11.3 Å². The molecule has 0 unspecified atom stereocenters. The number of benzene rings is 1. The van der Waals surface area contributed by atoms with Crippen LogP contribution in [0.1, 0.15) is 28.8 Å². The second-order valence-corrected chi connectivity index (χ2v) is 6.36. The fourth-order valence-corrected chi connectivity index (χ4v) is 2.84. The van der Waals surface area contributed by atoms with E-state index in [9.17, 15) is 13.2 Å². The number of aromatic carboxylic acids is 1. The first kappa shape index (κ1) is 13.0. The minimum Gasteiger partial charge on any atom is -0.478 e. The first-order valence-electron chi connectivity index (χ1n) is 5.76. The molecule has 0 saturated heterocycles. The maximum Gasteiger partial charge on any atom is 0.335 e. The van der Waals surface area contributed by atoms with Crippen LogP contribution in [0, 0.1) is 5.92 Å². The summed E-state index contributed by atoms with van der Waals surface area (Å²) in [5.74, 6) is -0.758. The van der Waals surface area contributed by atoms with Crippen LogP contribution in [0.5, 0.6) is 0 Å². The molecule has 0 atom stereocenters. The third-order valence-electron chi connectivity index (χ3n) is 2.82. The molecule has 1 aliphatic rings. The number of carboxylic acid groups (broad SMARTS) is 1. The van der Waals surface area contributed by atoms with Crippen LogP contribution in [0.4, 0.5) is 0 Å². The molecule has 2 N–H and O–H groups in total. The minimum absolute atomic E-state index is 0.102. The molecule has 6 heteroatoms. The fourth-order valence-electron chi connectivity index (χ4n) is 1.63. The van der Waals surface area contributed by atoms with Gasteiger partial charge in [0.25, 0.3) is 0 Å². The Bertz CT molecular complexity index is 549. The van der Waals surface area contributed by atoms with Crippen molar-refractivity contribution in [1.82, 2.24) is 4.72 Å². The molecular weight excluding hydrogens is 254 g/mol. The van der Waals surface area contributed by atoms with Gasteiger partial charge in [-0.05, 0) is 36.5 Å². The smallest absolute Gasteiger partial charge is 0.335 e. The van der Waals surface area contributed by atoms with Crippen molar-refractivity contribution in [3.05, 3.63) is 35.4 Å². The normalized spacial score (nSPS) is 15.6. The van der Waals surface area contributed by atoms with Crippen molar-refractivity contribution in [2.75, 3.05) is 6.54 Å². The maximum atomic E-state index is 11.8. The van der Waals surface area contributed by atoms with E-state index in [1.54, 1.807) is 12.1 Å². The summed E-state index contributed by atoms with van der Waals surface area (Å²) in [6, 6.07) is 5.99. The second-order valence-electron chi connectivity index (χ2n) is 4.56. The topological polar surface area (TPSA) is 83.5 Å². The summed E-state index contributed by atoms with van der Waals surface area (Å²) in [6.45, 7) is 0.487. The number of sulfonamides is 1. The molecule has 0 bridgehead atoms. The summed E-state index contributed by atoms with van der Waals surface area (Å²) >= 11 is 0. The van der Waals surface area contributed by atoms with Crippen molar-refractivity contribution >= 4 is 16.0 Å². The molecule has 5 nitrogen and oxygen atoms in total. The Morgan fingerprint density at radius 3 is 2.72 bits per heavy atom. The number of carbonyl (C=O) groups is 1. The predicted octanol–water partition coefficient (Wildman–Crippen LogP) is 1.21. The number of hydrogen-bond acceptors (Lipinski definition) is 3. The Hall–Kier alpha value is -1.40. The van der Waals surface area contributed by atoms with Crippen molar-refractivity contribution < 1.29 is 18.3 Å². The van der Waals surface area contributed by atoms with Gasteiger partial charge in [-0.1, -0.05) is 12.1 Å². The molecule has 0 aromatic heterocycles. The highest BCUT2D eigenvalue weighted by Crippen LogP contribution is 2.27. The highest BCUT2D eigenvalue weighted by atomic mass is 32.2. The molecule has 0 aliphatic heterocycles. The molecule has 1 aromatic carbocycles. The zero-order chi connectivity index (χ0) is 13.2. The maximum absolute atomic E-state index is 11.8. The number of carboxylic acids is 1. The number of nitrogens with one attached hydrogen (secondary N) is 1. The Morgan fingerprint density at radius 1 is 1.39 bits per heavy atom. The van der Waals surface area contributed by atoms with Gasteiger partial charge in [0.2, 0.25) is 10.0 Å². The Balaban J connectivity index is 2.02. The molecule has 0 radical (unpaired) electrons. The van der Waals surface area contributed by atoms with Crippen molar-refractivity contribution in [2.24, 2.45) is 5.92 Å². The van der Waals surface area contributed by atoms with E-state index >= 15 is 0 Å². The van der Waals surface area contributed by atoms with E-state index in [0.717, 1.165) is 12.8 Å². The Morgan fingerprint density at radius 2 is 2.11 bits per heavy atom. The molecule has 1 fully saturated rings. The second kappa shape index (κ2) is 5.07. The summed E-state index contributed by atoms with van der Waals surface area (Å²) in [5, 5.41) is 8.83. The van der Waals surface area contributed by atoms with Gasteiger partial charge in [0.1, 0.15) is 0 Å². The van der Waals surface area contributed by atoms with Crippen LogP contribution in [0.2, 0.25) is 0 Å². The summed E-state index contributed by atoms with van der Waals surface area (Å²) in [5.41, 5.74) is 0.586. The van der Waals surface area contributed by atoms with Crippen molar-refractivity contribution in [3.8, 4) is 0 Å². The highest BCUT2D eigenvalue weighted by molar-refractivity contribution is 7.88. The van der Waals surface area contributed by atoms with E-state index in [4.69, 9.17) is 5.11 Å². The van der Waals surface area contributed by atoms with Gasteiger partial charge in [-0.15, -0.1) is 0 Å². The molecule has 18 heavy (non-hydrogen) atoms. The van der Waals surface area contributed by atoms with Gasteiger partial charge in [-0.3, -0.25) is 0 Å². The van der Waals surface area contributed by atoms with Crippen LogP contribution in [-0.4, -0.2) is 26.0 Å². The summed E-state index contributed by atoms with van der Waals surface area (Å²) < 4.78 is 26.1. The SMILES string of the molecule is O=C(O)c1cccc(CS(=O)(=O)NCC2CC2)c1. The molecule has 1 saturated carbocycles. The fraction of sp³-hybridized carbons (Fsp3) is 0.417.